The second kappa shape index (κ2) is 5.40. The van der Waals surface area contributed by atoms with E-state index >= 15 is 0 Å². The van der Waals surface area contributed by atoms with E-state index in [1.54, 1.807) is 4.90 Å². The monoisotopic (exact) mass is 249 g/mol. The van der Waals surface area contributed by atoms with Gasteiger partial charge >= 0.3 is 0 Å². The van der Waals surface area contributed by atoms with Gasteiger partial charge in [0.2, 0.25) is 6.41 Å². The van der Waals surface area contributed by atoms with Crippen molar-refractivity contribution >= 4 is 6.41 Å². The Labute approximate surface area is 107 Å². The van der Waals surface area contributed by atoms with Crippen LogP contribution in [0.1, 0.15) is 17.5 Å². The minimum atomic E-state index is -0.621. The molecule has 0 aromatic heterocycles. The van der Waals surface area contributed by atoms with E-state index in [0.717, 1.165) is 17.7 Å². The summed E-state index contributed by atoms with van der Waals surface area (Å²) in [6, 6.07) is 5.90. The molecule has 4 nitrogen and oxygen atoms in total. The SMILES string of the molecule is Cc1cccc(OC2CCN(C=O)CC2O)c1C. The molecule has 1 amide bonds. The van der Waals surface area contributed by atoms with Crippen LogP contribution < -0.4 is 4.74 Å². The van der Waals surface area contributed by atoms with Crippen LogP contribution in [0.5, 0.6) is 5.75 Å². The molecule has 0 saturated carbocycles. The third-order valence-corrected chi connectivity index (χ3v) is 3.53. The number of ether oxygens (including phenoxy) is 1. The molecule has 1 aromatic carbocycles. The van der Waals surface area contributed by atoms with E-state index in [1.165, 1.54) is 5.56 Å². The third kappa shape index (κ3) is 2.64. The molecule has 1 saturated heterocycles. The molecule has 1 aliphatic heterocycles. The van der Waals surface area contributed by atoms with E-state index in [2.05, 4.69) is 0 Å². The van der Waals surface area contributed by atoms with Gasteiger partial charge in [-0.3, -0.25) is 4.79 Å². The van der Waals surface area contributed by atoms with Crippen molar-refractivity contribution in [3.05, 3.63) is 29.3 Å². The molecule has 1 aliphatic rings. The molecule has 0 spiro atoms. The highest BCUT2D eigenvalue weighted by atomic mass is 16.5. The van der Waals surface area contributed by atoms with Crippen molar-refractivity contribution in [3.63, 3.8) is 0 Å². The van der Waals surface area contributed by atoms with Crippen LogP contribution in [0.2, 0.25) is 0 Å². The van der Waals surface area contributed by atoms with E-state index in [9.17, 15) is 9.90 Å². The van der Waals surface area contributed by atoms with Gasteiger partial charge in [0.05, 0.1) is 0 Å². The highest BCUT2D eigenvalue weighted by Crippen LogP contribution is 2.24. The zero-order valence-corrected chi connectivity index (χ0v) is 10.8. The first-order chi connectivity index (χ1) is 8.61. The second-order valence-corrected chi connectivity index (χ2v) is 4.81. The van der Waals surface area contributed by atoms with Crippen molar-refractivity contribution in [2.45, 2.75) is 32.5 Å². The van der Waals surface area contributed by atoms with Crippen LogP contribution in [0.4, 0.5) is 0 Å². The number of nitrogens with zero attached hydrogens (tertiary/aromatic N) is 1. The number of aliphatic hydroxyl groups is 1. The van der Waals surface area contributed by atoms with Crippen LogP contribution in [-0.4, -0.2) is 41.7 Å². The molecule has 4 heteroatoms. The smallest absolute Gasteiger partial charge is 0.209 e. The maximum absolute atomic E-state index is 10.6. The summed E-state index contributed by atoms with van der Waals surface area (Å²) in [6.45, 7) is 5.03. The maximum atomic E-state index is 10.6. The Bertz CT molecular complexity index is 433. The van der Waals surface area contributed by atoms with E-state index in [0.29, 0.717) is 19.5 Å². The Kier molecular flexibility index (Phi) is 3.87. The van der Waals surface area contributed by atoms with Crippen LogP contribution in [0.15, 0.2) is 18.2 Å². The highest BCUT2D eigenvalue weighted by Gasteiger charge is 2.28. The molecule has 2 rings (SSSR count). The predicted molar refractivity (Wildman–Crippen MR) is 68.6 cm³/mol. The van der Waals surface area contributed by atoms with E-state index in [1.807, 2.05) is 32.0 Å². The fraction of sp³-hybridized carbons (Fsp3) is 0.500. The summed E-state index contributed by atoms with van der Waals surface area (Å²) in [5.74, 6) is 0.818. The molecule has 0 radical (unpaired) electrons. The normalized spacial score (nSPS) is 23.8. The van der Waals surface area contributed by atoms with E-state index < -0.39 is 6.10 Å². The lowest BCUT2D eigenvalue weighted by Gasteiger charge is -2.34. The van der Waals surface area contributed by atoms with Crippen LogP contribution >= 0.6 is 0 Å². The van der Waals surface area contributed by atoms with E-state index in [4.69, 9.17) is 4.74 Å². The number of aryl methyl sites for hydroxylation is 1. The van der Waals surface area contributed by atoms with Gasteiger partial charge in [0.25, 0.3) is 0 Å². The molecular weight excluding hydrogens is 230 g/mol. The Hall–Kier alpha value is -1.55. The van der Waals surface area contributed by atoms with Crippen LogP contribution in [0.25, 0.3) is 0 Å². The summed E-state index contributed by atoms with van der Waals surface area (Å²) < 4.78 is 5.88. The number of β-amino-alcohol motifs (C(OH)–C–C–N with tert-alkyl or cyclic N) is 1. The number of benzene rings is 1. The van der Waals surface area contributed by atoms with Crippen molar-refractivity contribution in [2.24, 2.45) is 0 Å². The lowest BCUT2D eigenvalue weighted by molar-refractivity contribution is -0.123. The molecule has 0 bridgehead atoms. The van der Waals surface area contributed by atoms with Crippen molar-refractivity contribution in [1.29, 1.82) is 0 Å². The molecule has 1 fully saturated rings. The van der Waals surface area contributed by atoms with Crippen molar-refractivity contribution in [2.75, 3.05) is 13.1 Å². The highest BCUT2D eigenvalue weighted by molar-refractivity contribution is 5.47. The van der Waals surface area contributed by atoms with Crippen molar-refractivity contribution in [1.82, 2.24) is 4.90 Å². The summed E-state index contributed by atoms with van der Waals surface area (Å²) >= 11 is 0. The van der Waals surface area contributed by atoms with Crippen molar-refractivity contribution < 1.29 is 14.6 Å². The standard InChI is InChI=1S/C14H19NO3/c1-10-4-3-5-13(11(10)2)18-14-6-7-15(9-16)8-12(14)17/h3-5,9,12,14,17H,6-8H2,1-2H3. The van der Waals surface area contributed by atoms with Gasteiger partial charge in [0, 0.05) is 19.5 Å². The number of likely N-dealkylation sites (tertiary alicyclic amines) is 1. The number of aliphatic hydroxyl groups excluding tert-OH is 1. The Morgan fingerprint density at radius 3 is 2.89 bits per heavy atom. The topological polar surface area (TPSA) is 49.8 Å². The molecule has 18 heavy (non-hydrogen) atoms. The third-order valence-electron chi connectivity index (χ3n) is 3.53. The van der Waals surface area contributed by atoms with Gasteiger partial charge in [0.1, 0.15) is 18.0 Å². The number of carbonyl (C=O) groups is 1. The number of rotatable bonds is 3. The first-order valence-corrected chi connectivity index (χ1v) is 6.22. The van der Waals surface area contributed by atoms with E-state index in [-0.39, 0.29) is 6.10 Å². The molecule has 98 valence electrons. The van der Waals surface area contributed by atoms with Gasteiger partial charge in [-0.2, -0.15) is 0 Å². The van der Waals surface area contributed by atoms with Gasteiger partial charge in [-0.15, -0.1) is 0 Å². The first kappa shape index (κ1) is 12.9. The number of hydrogen-bond donors (Lipinski definition) is 1. The number of carbonyl (C=O) groups excluding carboxylic acids is 1. The summed E-state index contributed by atoms with van der Waals surface area (Å²) in [6.07, 6.45) is 0.579. The summed E-state index contributed by atoms with van der Waals surface area (Å²) in [5.41, 5.74) is 2.27. The molecule has 1 N–H and O–H groups in total. The average Bonchev–Trinajstić information content (AvgIpc) is 2.37. The molecular formula is C14H19NO3. The number of piperidine rings is 1. The van der Waals surface area contributed by atoms with Gasteiger partial charge in [-0.05, 0) is 31.0 Å². The van der Waals surface area contributed by atoms with Gasteiger partial charge in [-0.25, -0.2) is 0 Å². The largest absolute Gasteiger partial charge is 0.487 e. The van der Waals surface area contributed by atoms with Gasteiger partial charge < -0.3 is 14.7 Å². The zero-order chi connectivity index (χ0) is 13.1. The first-order valence-electron chi connectivity index (χ1n) is 6.22. The fourth-order valence-corrected chi connectivity index (χ4v) is 2.18. The zero-order valence-electron chi connectivity index (χ0n) is 10.8. The molecule has 1 heterocycles. The molecule has 2 atom stereocenters. The van der Waals surface area contributed by atoms with Crippen LogP contribution in [0, 0.1) is 13.8 Å². The number of hydrogen-bond acceptors (Lipinski definition) is 3. The molecule has 1 aromatic rings. The quantitative estimate of drug-likeness (QED) is 0.821. The summed E-state index contributed by atoms with van der Waals surface area (Å²) in [4.78, 5) is 12.2. The van der Waals surface area contributed by atoms with Gasteiger partial charge in [-0.1, -0.05) is 12.1 Å². The number of amides is 1. The lowest BCUT2D eigenvalue weighted by atomic mass is 10.0. The summed E-state index contributed by atoms with van der Waals surface area (Å²) in [7, 11) is 0. The predicted octanol–water partition coefficient (Wildman–Crippen LogP) is 1.27. The Morgan fingerprint density at radius 2 is 2.22 bits per heavy atom. The molecule has 2 unspecified atom stereocenters. The van der Waals surface area contributed by atoms with Crippen LogP contribution in [0.3, 0.4) is 0 Å². The average molecular weight is 249 g/mol. The Morgan fingerprint density at radius 1 is 1.44 bits per heavy atom. The van der Waals surface area contributed by atoms with Gasteiger partial charge in [0.15, 0.2) is 0 Å². The molecule has 0 aliphatic carbocycles. The minimum absolute atomic E-state index is 0.235. The van der Waals surface area contributed by atoms with Crippen LogP contribution in [-0.2, 0) is 4.79 Å². The maximum Gasteiger partial charge on any atom is 0.209 e. The summed E-state index contributed by atoms with van der Waals surface area (Å²) in [5, 5.41) is 9.97. The Balaban J connectivity index is 2.06. The minimum Gasteiger partial charge on any atom is -0.487 e. The van der Waals surface area contributed by atoms with Crippen molar-refractivity contribution in [3.8, 4) is 5.75 Å². The fourth-order valence-electron chi connectivity index (χ4n) is 2.18. The second-order valence-electron chi connectivity index (χ2n) is 4.81. The lowest BCUT2D eigenvalue weighted by Crippen LogP contribution is -2.48.